The van der Waals surface area contributed by atoms with Gasteiger partial charge in [0.05, 0.1) is 0 Å². The second kappa shape index (κ2) is 5.47. The molecule has 0 radical (unpaired) electrons. The van der Waals surface area contributed by atoms with Crippen molar-refractivity contribution in [2.75, 3.05) is 17.9 Å². The van der Waals surface area contributed by atoms with E-state index in [2.05, 4.69) is 23.7 Å². The van der Waals surface area contributed by atoms with Crippen LogP contribution >= 0.6 is 35.3 Å². The highest BCUT2D eigenvalue weighted by Gasteiger charge is 2.19. The number of fused-ring (bicyclic) bond motifs is 1. The molecule has 0 saturated carbocycles. The first-order valence-electron chi connectivity index (χ1n) is 6.06. The van der Waals surface area contributed by atoms with Gasteiger partial charge in [0.15, 0.2) is 0 Å². The fourth-order valence-corrected chi connectivity index (χ4v) is 5.66. The molecular formula is C13H17NS3. The normalized spacial score (nSPS) is 23.0. The third-order valence-electron chi connectivity index (χ3n) is 3.40. The van der Waals surface area contributed by atoms with E-state index in [0.717, 1.165) is 0 Å². The standard InChI is InChI=1S/C13H17NS3/c1-15-11-7-13-12(16-8-17-13)6-9(11)5-10-3-2-4-14-10/h6-7,10,14H,2-5,8H2,1H3. The van der Waals surface area contributed by atoms with Crippen LogP contribution in [0, 0.1) is 0 Å². The van der Waals surface area contributed by atoms with E-state index >= 15 is 0 Å². The van der Waals surface area contributed by atoms with E-state index in [0.29, 0.717) is 6.04 Å². The van der Waals surface area contributed by atoms with Gasteiger partial charge >= 0.3 is 0 Å². The van der Waals surface area contributed by atoms with Crippen molar-refractivity contribution >= 4 is 35.3 Å². The van der Waals surface area contributed by atoms with Crippen molar-refractivity contribution in [3.63, 3.8) is 0 Å². The van der Waals surface area contributed by atoms with E-state index in [1.165, 1.54) is 45.6 Å². The van der Waals surface area contributed by atoms with Crippen LogP contribution in [0.5, 0.6) is 0 Å². The lowest BCUT2D eigenvalue weighted by Crippen LogP contribution is -2.23. The average Bonchev–Trinajstić information content (AvgIpc) is 2.98. The molecule has 1 unspecified atom stereocenters. The van der Waals surface area contributed by atoms with Crippen LogP contribution < -0.4 is 5.32 Å². The Morgan fingerprint density at radius 3 is 2.88 bits per heavy atom. The summed E-state index contributed by atoms with van der Waals surface area (Å²) in [6.45, 7) is 1.20. The molecule has 1 aromatic carbocycles. The third kappa shape index (κ3) is 2.65. The van der Waals surface area contributed by atoms with Crippen LogP contribution in [-0.2, 0) is 6.42 Å². The van der Waals surface area contributed by atoms with Gasteiger partial charge in [-0.3, -0.25) is 0 Å². The summed E-state index contributed by atoms with van der Waals surface area (Å²) in [6, 6.07) is 5.54. The Morgan fingerprint density at radius 2 is 2.18 bits per heavy atom. The molecule has 1 atom stereocenters. The molecule has 92 valence electrons. The summed E-state index contributed by atoms with van der Waals surface area (Å²) in [6.07, 6.45) is 6.08. The fraction of sp³-hybridized carbons (Fsp3) is 0.538. The van der Waals surface area contributed by atoms with E-state index in [-0.39, 0.29) is 0 Å². The lowest BCUT2D eigenvalue weighted by atomic mass is 10.0. The van der Waals surface area contributed by atoms with E-state index < -0.39 is 0 Å². The molecule has 1 fully saturated rings. The van der Waals surface area contributed by atoms with Crippen molar-refractivity contribution in [3.8, 4) is 0 Å². The lowest BCUT2D eigenvalue weighted by Gasteiger charge is -2.14. The van der Waals surface area contributed by atoms with Crippen LogP contribution in [0.1, 0.15) is 18.4 Å². The molecule has 17 heavy (non-hydrogen) atoms. The first-order chi connectivity index (χ1) is 8.36. The lowest BCUT2D eigenvalue weighted by molar-refractivity contribution is 0.597. The van der Waals surface area contributed by atoms with Crippen LogP contribution in [0.3, 0.4) is 0 Å². The van der Waals surface area contributed by atoms with Gasteiger partial charge in [0.1, 0.15) is 0 Å². The smallest absolute Gasteiger partial charge is 0.0487 e. The first kappa shape index (κ1) is 12.3. The summed E-state index contributed by atoms with van der Waals surface area (Å²) in [7, 11) is 0. The molecule has 4 heteroatoms. The fourth-order valence-electron chi connectivity index (χ4n) is 2.51. The predicted octanol–water partition coefficient (Wildman–Crippen LogP) is 3.86. The molecule has 0 spiro atoms. The van der Waals surface area contributed by atoms with Gasteiger partial charge in [-0.1, -0.05) is 0 Å². The molecule has 1 nitrogen and oxygen atoms in total. The molecular weight excluding hydrogens is 266 g/mol. The number of benzene rings is 1. The van der Waals surface area contributed by atoms with Crippen LogP contribution in [0.4, 0.5) is 0 Å². The van der Waals surface area contributed by atoms with E-state index in [1.54, 1.807) is 5.56 Å². The molecule has 1 aromatic rings. The van der Waals surface area contributed by atoms with Gasteiger partial charge in [-0.15, -0.1) is 35.3 Å². The van der Waals surface area contributed by atoms with Gasteiger partial charge in [-0.25, -0.2) is 0 Å². The Hall–Kier alpha value is 0.230. The van der Waals surface area contributed by atoms with Gasteiger partial charge in [0.2, 0.25) is 0 Å². The highest BCUT2D eigenvalue weighted by atomic mass is 32.2. The van der Waals surface area contributed by atoms with Crippen LogP contribution in [0.2, 0.25) is 0 Å². The van der Waals surface area contributed by atoms with Crippen molar-refractivity contribution in [1.29, 1.82) is 0 Å². The SMILES string of the molecule is CSc1cc2c(cc1CC1CCCN1)SCS2. The Morgan fingerprint density at radius 1 is 1.35 bits per heavy atom. The topological polar surface area (TPSA) is 12.0 Å². The number of thioether (sulfide) groups is 3. The van der Waals surface area contributed by atoms with E-state index in [4.69, 9.17) is 0 Å². The quantitative estimate of drug-likeness (QED) is 0.845. The summed E-state index contributed by atoms with van der Waals surface area (Å²) in [4.78, 5) is 4.47. The number of nitrogens with one attached hydrogen (secondary N) is 1. The van der Waals surface area contributed by atoms with E-state index in [1.807, 2.05) is 35.3 Å². The van der Waals surface area contributed by atoms with Crippen molar-refractivity contribution in [1.82, 2.24) is 5.32 Å². The summed E-state index contributed by atoms with van der Waals surface area (Å²) in [5.41, 5.74) is 1.55. The summed E-state index contributed by atoms with van der Waals surface area (Å²) < 4.78 is 0. The van der Waals surface area contributed by atoms with Crippen molar-refractivity contribution in [3.05, 3.63) is 17.7 Å². The maximum Gasteiger partial charge on any atom is 0.0487 e. The Labute approximate surface area is 116 Å². The number of hydrogen-bond donors (Lipinski definition) is 1. The van der Waals surface area contributed by atoms with Gasteiger partial charge in [-0.2, -0.15) is 0 Å². The zero-order valence-electron chi connectivity index (χ0n) is 9.99. The number of rotatable bonds is 3. The van der Waals surface area contributed by atoms with Gasteiger partial charge < -0.3 is 5.32 Å². The average molecular weight is 283 g/mol. The molecule has 2 aliphatic heterocycles. The van der Waals surface area contributed by atoms with Gasteiger partial charge in [0, 0.05) is 25.8 Å². The molecule has 1 N–H and O–H groups in total. The highest BCUT2D eigenvalue weighted by molar-refractivity contribution is 8.18. The zero-order chi connectivity index (χ0) is 11.7. The minimum Gasteiger partial charge on any atom is -0.314 e. The Balaban J connectivity index is 1.86. The largest absolute Gasteiger partial charge is 0.314 e. The molecule has 1 saturated heterocycles. The van der Waals surface area contributed by atoms with Crippen molar-refractivity contribution in [2.24, 2.45) is 0 Å². The van der Waals surface area contributed by atoms with E-state index in [9.17, 15) is 0 Å². The molecule has 0 aliphatic carbocycles. The first-order valence-corrected chi connectivity index (χ1v) is 9.26. The molecule has 3 rings (SSSR count). The van der Waals surface area contributed by atoms with Gasteiger partial charge in [0.25, 0.3) is 0 Å². The van der Waals surface area contributed by atoms with Crippen LogP contribution in [0.25, 0.3) is 0 Å². The van der Waals surface area contributed by atoms with Crippen LogP contribution in [0.15, 0.2) is 26.8 Å². The predicted molar refractivity (Wildman–Crippen MR) is 79.5 cm³/mol. The monoisotopic (exact) mass is 283 g/mol. The second-order valence-corrected chi connectivity index (χ2v) is 7.76. The van der Waals surface area contributed by atoms with Gasteiger partial charge in [-0.05, 0) is 49.8 Å². The maximum absolute atomic E-state index is 3.60. The van der Waals surface area contributed by atoms with Crippen molar-refractivity contribution < 1.29 is 0 Å². The molecule has 0 amide bonds. The maximum atomic E-state index is 3.60. The molecule has 0 aromatic heterocycles. The van der Waals surface area contributed by atoms with Crippen LogP contribution in [-0.4, -0.2) is 23.9 Å². The number of hydrogen-bond acceptors (Lipinski definition) is 4. The Bertz CT molecular complexity index is 413. The Kier molecular flexibility index (Phi) is 3.95. The van der Waals surface area contributed by atoms with Crippen molar-refractivity contribution in [2.45, 2.75) is 40.0 Å². The highest BCUT2D eigenvalue weighted by Crippen LogP contribution is 2.44. The summed E-state index contributed by atoms with van der Waals surface area (Å²) >= 11 is 5.87. The minimum absolute atomic E-state index is 0.706. The summed E-state index contributed by atoms with van der Waals surface area (Å²) in [5, 5.41) is 4.79. The third-order valence-corrected chi connectivity index (χ3v) is 6.59. The molecule has 2 aliphatic rings. The zero-order valence-corrected chi connectivity index (χ0v) is 12.4. The molecule has 2 heterocycles. The molecule has 0 bridgehead atoms. The minimum atomic E-state index is 0.706. The second-order valence-electron chi connectivity index (χ2n) is 4.51. The summed E-state index contributed by atoms with van der Waals surface area (Å²) in [5.74, 6) is 0.